The highest BCUT2D eigenvalue weighted by Gasteiger charge is 2.47. The van der Waals surface area contributed by atoms with Crippen LogP contribution in [0.15, 0.2) is 42.5 Å². The van der Waals surface area contributed by atoms with Crippen molar-refractivity contribution in [3.05, 3.63) is 65.0 Å². The van der Waals surface area contributed by atoms with Crippen LogP contribution in [0.4, 0.5) is 0 Å². The third-order valence-corrected chi connectivity index (χ3v) is 6.77. The number of aromatic carboxylic acids is 1. The summed E-state index contributed by atoms with van der Waals surface area (Å²) in [6.45, 7) is 0. The minimum Gasteiger partial charge on any atom is -0.506 e. The summed E-state index contributed by atoms with van der Waals surface area (Å²) in [5.41, 5.74) is 3.24. The Hall–Kier alpha value is -4.57. The largest absolute Gasteiger partial charge is 0.506 e. The van der Waals surface area contributed by atoms with Gasteiger partial charge in [-0.25, -0.2) is 24.7 Å². The SMILES string of the molecule is O=C(O)c1cc2c(c3nc4c(O)cccc4nc13)[C@@H]1Cc3nc4cccc(O)c4nc3[C@@H](O)[C@@H]1O2. The Kier molecular flexibility index (Phi) is 3.82. The lowest BCUT2D eigenvalue weighted by Crippen LogP contribution is -2.34. The van der Waals surface area contributed by atoms with Crippen molar-refractivity contribution in [2.75, 3.05) is 0 Å². The fraction of sp³-hybridized carbons (Fsp3) is 0.160. The molecule has 10 nitrogen and oxygen atoms in total. The molecule has 3 heterocycles. The van der Waals surface area contributed by atoms with Gasteiger partial charge in [0.25, 0.3) is 0 Å². The number of ether oxygens (including phenoxy) is 1. The van der Waals surface area contributed by atoms with Crippen molar-refractivity contribution in [3.8, 4) is 17.2 Å². The van der Waals surface area contributed by atoms with Gasteiger partial charge in [0.15, 0.2) is 0 Å². The van der Waals surface area contributed by atoms with E-state index in [1.165, 1.54) is 18.2 Å². The van der Waals surface area contributed by atoms with Crippen molar-refractivity contribution < 1.29 is 30.0 Å². The first-order chi connectivity index (χ1) is 16.9. The van der Waals surface area contributed by atoms with Crippen LogP contribution < -0.4 is 4.74 Å². The maximum atomic E-state index is 12.1. The predicted octanol–water partition coefficient (Wildman–Crippen LogP) is 2.97. The normalized spacial score (nSPS) is 20.4. The molecule has 0 amide bonds. The van der Waals surface area contributed by atoms with Crippen LogP contribution in [-0.2, 0) is 6.42 Å². The van der Waals surface area contributed by atoms with E-state index < -0.39 is 24.1 Å². The molecule has 0 bridgehead atoms. The van der Waals surface area contributed by atoms with E-state index in [0.29, 0.717) is 39.9 Å². The molecule has 0 saturated heterocycles. The van der Waals surface area contributed by atoms with Gasteiger partial charge in [-0.1, -0.05) is 12.1 Å². The van der Waals surface area contributed by atoms with Gasteiger partial charge < -0.3 is 25.2 Å². The van der Waals surface area contributed by atoms with Gasteiger partial charge in [0.05, 0.1) is 33.5 Å². The minimum atomic E-state index is -1.20. The third kappa shape index (κ3) is 2.65. The molecule has 4 N–H and O–H groups in total. The van der Waals surface area contributed by atoms with Gasteiger partial charge in [-0.05, 0) is 30.3 Å². The van der Waals surface area contributed by atoms with E-state index in [2.05, 4.69) is 19.9 Å². The van der Waals surface area contributed by atoms with Crippen molar-refractivity contribution in [1.29, 1.82) is 0 Å². The zero-order valence-electron chi connectivity index (χ0n) is 17.9. The summed E-state index contributed by atoms with van der Waals surface area (Å²) in [5.74, 6) is -1.43. The molecule has 0 spiro atoms. The second kappa shape index (κ2) is 6.73. The number of phenols is 2. The quantitative estimate of drug-likeness (QED) is 0.269. The van der Waals surface area contributed by atoms with Crippen molar-refractivity contribution in [2.24, 2.45) is 0 Å². The number of nitrogens with zero attached hydrogens (tertiary/aromatic N) is 4. The summed E-state index contributed by atoms with van der Waals surface area (Å²) in [4.78, 5) is 30.3. The summed E-state index contributed by atoms with van der Waals surface area (Å²) in [6, 6.07) is 11.1. The summed E-state index contributed by atoms with van der Waals surface area (Å²) >= 11 is 0. The molecule has 5 aromatic rings. The van der Waals surface area contributed by atoms with E-state index in [-0.39, 0.29) is 39.4 Å². The fourth-order valence-corrected chi connectivity index (χ4v) is 5.21. The summed E-state index contributed by atoms with van der Waals surface area (Å²) in [5, 5.41) is 41.6. The van der Waals surface area contributed by atoms with E-state index in [4.69, 9.17) is 4.74 Å². The lowest BCUT2D eigenvalue weighted by atomic mass is 9.81. The number of aliphatic hydroxyl groups is 1. The van der Waals surface area contributed by atoms with Gasteiger partial charge >= 0.3 is 5.97 Å². The Balaban J connectivity index is 1.49. The Morgan fingerprint density at radius 1 is 0.886 bits per heavy atom. The lowest BCUT2D eigenvalue weighted by Gasteiger charge is -2.30. The maximum absolute atomic E-state index is 12.1. The molecule has 0 saturated carbocycles. The Morgan fingerprint density at radius 3 is 2.29 bits per heavy atom. The number of carboxylic acids is 1. The van der Waals surface area contributed by atoms with Gasteiger partial charge in [-0.15, -0.1) is 0 Å². The molecule has 35 heavy (non-hydrogen) atoms. The van der Waals surface area contributed by atoms with Crippen LogP contribution in [0.3, 0.4) is 0 Å². The minimum absolute atomic E-state index is 0.0400. The number of rotatable bonds is 1. The van der Waals surface area contributed by atoms with Crippen LogP contribution in [0, 0.1) is 0 Å². The van der Waals surface area contributed by atoms with Gasteiger partial charge in [0.2, 0.25) is 0 Å². The van der Waals surface area contributed by atoms with Crippen LogP contribution in [0.5, 0.6) is 17.2 Å². The molecule has 3 atom stereocenters. The standard InChI is InChI=1S/C25H16N4O6/c30-14-5-1-3-11-19(14)28-21-13(26-11)7-9-17-16(35-24(9)23(21)32)8-10(25(33)34)18-22(17)29-20-12(27-18)4-2-6-15(20)31/h1-6,8-9,23-24,30-32H,7H2,(H,33,34)/t9-,23+,24+/m0/s1. The molecule has 0 fully saturated rings. The van der Waals surface area contributed by atoms with Crippen molar-refractivity contribution in [1.82, 2.24) is 19.9 Å². The van der Waals surface area contributed by atoms with Crippen LogP contribution >= 0.6 is 0 Å². The monoisotopic (exact) mass is 468 g/mol. The predicted molar refractivity (Wildman–Crippen MR) is 123 cm³/mol. The number of carboxylic acid groups (broad SMARTS) is 1. The van der Waals surface area contributed by atoms with E-state index in [0.717, 1.165) is 0 Å². The van der Waals surface area contributed by atoms with Crippen molar-refractivity contribution in [3.63, 3.8) is 0 Å². The van der Waals surface area contributed by atoms with Crippen LogP contribution in [0.25, 0.3) is 33.1 Å². The molecule has 7 rings (SSSR count). The molecule has 1 aliphatic carbocycles. The van der Waals surface area contributed by atoms with Gasteiger partial charge in [-0.3, -0.25) is 0 Å². The maximum Gasteiger partial charge on any atom is 0.338 e. The topological polar surface area (TPSA) is 159 Å². The molecule has 0 unspecified atom stereocenters. The van der Waals surface area contributed by atoms with E-state index >= 15 is 0 Å². The van der Waals surface area contributed by atoms with Crippen molar-refractivity contribution in [2.45, 2.75) is 24.5 Å². The van der Waals surface area contributed by atoms with Crippen LogP contribution in [0.1, 0.15) is 39.3 Å². The average molecular weight is 468 g/mol. The Bertz CT molecular complexity index is 1750. The molecule has 3 aromatic carbocycles. The average Bonchev–Trinajstić information content (AvgIpc) is 3.21. The highest BCUT2D eigenvalue weighted by atomic mass is 16.5. The smallest absolute Gasteiger partial charge is 0.338 e. The summed E-state index contributed by atoms with van der Waals surface area (Å²) in [7, 11) is 0. The van der Waals surface area contributed by atoms with Gasteiger partial charge in [0.1, 0.15) is 46.0 Å². The zero-order valence-corrected chi connectivity index (χ0v) is 17.9. The number of phenolic OH excluding ortho intramolecular Hbond substituents is 2. The molecular formula is C25H16N4O6. The number of aromatic hydroxyl groups is 2. The molecule has 0 radical (unpaired) electrons. The Labute approximate surface area is 196 Å². The first-order valence-corrected chi connectivity index (χ1v) is 10.9. The highest BCUT2D eigenvalue weighted by molar-refractivity contribution is 6.05. The second-order valence-electron chi connectivity index (χ2n) is 8.75. The Morgan fingerprint density at radius 2 is 1.57 bits per heavy atom. The molecular weight excluding hydrogens is 452 g/mol. The molecule has 10 heteroatoms. The van der Waals surface area contributed by atoms with E-state index in [9.17, 15) is 25.2 Å². The second-order valence-corrected chi connectivity index (χ2v) is 8.75. The number of aliphatic hydroxyl groups excluding tert-OH is 1. The van der Waals surface area contributed by atoms with E-state index in [1.54, 1.807) is 24.3 Å². The first kappa shape index (κ1) is 19.9. The van der Waals surface area contributed by atoms with Crippen LogP contribution in [0.2, 0.25) is 0 Å². The van der Waals surface area contributed by atoms with Crippen LogP contribution in [-0.4, -0.2) is 52.4 Å². The number of fused-ring (bicyclic) bond motifs is 8. The number of hydrogen-bond donors (Lipinski definition) is 4. The molecule has 2 aliphatic rings. The zero-order chi connectivity index (χ0) is 24.0. The number of carbonyl (C=O) groups is 1. The summed E-state index contributed by atoms with van der Waals surface area (Å²) < 4.78 is 6.09. The van der Waals surface area contributed by atoms with E-state index in [1.807, 2.05) is 0 Å². The lowest BCUT2D eigenvalue weighted by molar-refractivity contribution is 0.0230. The molecule has 172 valence electrons. The number of benzene rings is 3. The first-order valence-electron chi connectivity index (χ1n) is 10.9. The van der Waals surface area contributed by atoms with Gasteiger partial charge in [0, 0.05) is 17.9 Å². The highest BCUT2D eigenvalue weighted by Crippen LogP contribution is 2.51. The fourth-order valence-electron chi connectivity index (χ4n) is 5.21. The van der Waals surface area contributed by atoms with Crippen molar-refractivity contribution >= 4 is 39.1 Å². The third-order valence-electron chi connectivity index (χ3n) is 6.77. The number of aromatic nitrogens is 4. The molecule has 2 aromatic heterocycles. The summed E-state index contributed by atoms with van der Waals surface area (Å²) in [6.07, 6.45) is -1.58. The molecule has 1 aliphatic heterocycles. The number of hydrogen-bond acceptors (Lipinski definition) is 9. The van der Waals surface area contributed by atoms with Gasteiger partial charge in [-0.2, -0.15) is 0 Å². The number of para-hydroxylation sites is 2.